The van der Waals surface area contributed by atoms with E-state index in [4.69, 9.17) is 9.97 Å². The molecule has 212 valence electrons. The van der Waals surface area contributed by atoms with Crippen LogP contribution in [0.3, 0.4) is 0 Å². The minimum absolute atomic E-state index is 1.07. The molecule has 4 heterocycles. The van der Waals surface area contributed by atoms with Gasteiger partial charge in [0.2, 0.25) is 0 Å². The highest BCUT2D eigenvalue weighted by Gasteiger charge is 2.16. The Morgan fingerprint density at radius 1 is 0.564 bits per heavy atom. The van der Waals surface area contributed by atoms with E-state index in [1.54, 1.807) is 0 Å². The lowest BCUT2D eigenvalue weighted by Gasteiger charge is -2.10. The van der Waals surface area contributed by atoms with E-state index < -0.39 is 0 Å². The molecule has 0 N–H and O–H groups in total. The molecule has 0 saturated heterocycles. The highest BCUT2D eigenvalue weighted by molar-refractivity contribution is 7.26. The summed E-state index contributed by atoms with van der Waals surface area (Å²) in [6.45, 7) is 4.59. The van der Waals surface area contributed by atoms with Crippen LogP contribution in [0, 0.1) is 0 Å². The van der Waals surface area contributed by atoms with Crippen molar-refractivity contribution in [1.29, 1.82) is 0 Å². The number of aryl methyl sites for hydroxylation is 2. The summed E-state index contributed by atoms with van der Waals surface area (Å²) < 4.78 is 0. The Hall–Kier alpha value is -1.56. The molecule has 0 saturated carbocycles. The molecule has 4 aromatic heterocycles. The molecule has 0 aliphatic rings. The van der Waals surface area contributed by atoms with Gasteiger partial charge in [0, 0.05) is 20.0 Å². The maximum absolute atomic E-state index is 5.35. The second-order valence-corrected chi connectivity index (χ2v) is 13.9. The number of nitrogens with zero attached hydrogens (tertiary/aromatic N) is 2. The maximum atomic E-state index is 5.35. The average molecular weight is 581 g/mol. The van der Waals surface area contributed by atoms with Gasteiger partial charge in [-0.15, -0.1) is 34.0 Å². The third-order valence-electron chi connectivity index (χ3n) is 7.71. The highest BCUT2D eigenvalue weighted by Crippen LogP contribution is 2.41. The quantitative estimate of drug-likeness (QED) is 0.0971. The van der Waals surface area contributed by atoms with Crippen molar-refractivity contribution in [2.24, 2.45) is 0 Å². The Bertz CT molecular complexity index is 1200. The van der Waals surface area contributed by atoms with E-state index >= 15 is 0 Å². The molecule has 5 heteroatoms. The van der Waals surface area contributed by atoms with E-state index in [0.717, 1.165) is 23.9 Å². The van der Waals surface area contributed by atoms with E-state index in [2.05, 4.69) is 48.9 Å². The van der Waals surface area contributed by atoms with Gasteiger partial charge in [0.1, 0.15) is 11.0 Å². The van der Waals surface area contributed by atoms with Crippen LogP contribution in [0.4, 0.5) is 0 Å². The van der Waals surface area contributed by atoms with E-state index in [9.17, 15) is 0 Å². The average Bonchev–Trinajstić information content (AvgIpc) is 3.72. The summed E-state index contributed by atoms with van der Waals surface area (Å²) in [4.78, 5) is 15.9. The van der Waals surface area contributed by atoms with Crippen LogP contribution in [-0.2, 0) is 12.8 Å². The smallest absolute Gasteiger partial charge is 0.108 e. The van der Waals surface area contributed by atoms with Crippen molar-refractivity contribution in [1.82, 2.24) is 9.97 Å². The first-order valence-corrected chi connectivity index (χ1v) is 18.3. The Morgan fingerprint density at radius 3 is 1.72 bits per heavy atom. The molecule has 4 aromatic rings. The van der Waals surface area contributed by atoms with Crippen molar-refractivity contribution in [2.75, 3.05) is 0 Å². The zero-order valence-corrected chi connectivity index (χ0v) is 26.8. The molecule has 39 heavy (non-hydrogen) atoms. The summed E-state index contributed by atoms with van der Waals surface area (Å²) in [7, 11) is 0. The van der Waals surface area contributed by atoms with Gasteiger partial charge >= 0.3 is 0 Å². The fourth-order valence-corrected chi connectivity index (χ4v) is 8.27. The van der Waals surface area contributed by atoms with Crippen LogP contribution in [0.1, 0.15) is 128 Å². The SMILES string of the molecule is CCCCCCCCCCc1nc2csc(-c3ccc(-c4cccs4)s3)c2nc1CCCCCCCCCC. The normalized spacial score (nSPS) is 11.6. The molecule has 2 nitrogen and oxygen atoms in total. The molecule has 0 fully saturated rings. The molecule has 0 aromatic carbocycles. The van der Waals surface area contributed by atoms with Crippen LogP contribution in [0.25, 0.3) is 30.5 Å². The van der Waals surface area contributed by atoms with Gasteiger partial charge in [0.25, 0.3) is 0 Å². The number of fused-ring (bicyclic) bond motifs is 1. The van der Waals surface area contributed by atoms with Crippen LogP contribution < -0.4 is 0 Å². The lowest BCUT2D eigenvalue weighted by atomic mass is 10.0. The van der Waals surface area contributed by atoms with Gasteiger partial charge in [0.05, 0.1) is 16.3 Å². The fourth-order valence-electron chi connectivity index (χ4n) is 5.38. The van der Waals surface area contributed by atoms with Crippen LogP contribution in [0.2, 0.25) is 0 Å². The number of rotatable bonds is 20. The van der Waals surface area contributed by atoms with Crippen molar-refractivity contribution in [3.05, 3.63) is 46.4 Å². The van der Waals surface area contributed by atoms with Crippen LogP contribution in [0.5, 0.6) is 0 Å². The predicted octanol–water partition coefficient (Wildman–Crippen LogP) is 12.5. The number of thiophene rings is 3. The predicted molar refractivity (Wildman–Crippen MR) is 177 cm³/mol. The molecule has 0 aliphatic carbocycles. The summed E-state index contributed by atoms with van der Waals surface area (Å²) >= 11 is 5.51. The topological polar surface area (TPSA) is 25.8 Å². The molecule has 4 rings (SSSR count). The van der Waals surface area contributed by atoms with Crippen molar-refractivity contribution in [3.8, 4) is 19.5 Å². The summed E-state index contributed by atoms with van der Waals surface area (Å²) in [5.41, 5.74) is 4.75. The molecule has 0 spiro atoms. The third kappa shape index (κ3) is 9.50. The first-order valence-electron chi connectivity index (χ1n) is 15.7. The second-order valence-electron chi connectivity index (χ2n) is 11.0. The van der Waals surface area contributed by atoms with Gasteiger partial charge in [-0.1, -0.05) is 110 Å². The van der Waals surface area contributed by atoms with Gasteiger partial charge < -0.3 is 0 Å². The Morgan fingerprint density at radius 2 is 1.13 bits per heavy atom. The van der Waals surface area contributed by atoms with E-state index in [1.165, 1.54) is 134 Å². The lowest BCUT2D eigenvalue weighted by molar-refractivity contribution is 0.567. The molecule has 0 atom stereocenters. The molecule has 0 radical (unpaired) electrons. The Balaban J connectivity index is 1.41. The number of aromatic nitrogens is 2. The maximum Gasteiger partial charge on any atom is 0.108 e. The first kappa shape index (κ1) is 30.4. The van der Waals surface area contributed by atoms with Gasteiger partial charge in [-0.2, -0.15) is 0 Å². The van der Waals surface area contributed by atoms with Crippen LogP contribution in [0.15, 0.2) is 35.0 Å². The first-order chi connectivity index (χ1) is 19.3. The molecular weight excluding hydrogens is 533 g/mol. The zero-order valence-electron chi connectivity index (χ0n) is 24.3. The second kappa shape index (κ2) is 17.3. The summed E-state index contributed by atoms with van der Waals surface area (Å²) in [6.07, 6.45) is 23.8. The molecule has 0 amide bonds. The standard InChI is InChI=1S/C34H48N2S3/c1-3-5-7-9-11-13-15-17-20-27-28(21-18-16-14-12-10-8-6-4-2)36-33-29(35-27)26-38-34(33)32-24-23-31(39-32)30-22-19-25-37-30/h19,22-26H,3-18,20-21H2,1-2H3. The Labute approximate surface area is 249 Å². The summed E-state index contributed by atoms with van der Waals surface area (Å²) in [6, 6.07) is 8.89. The van der Waals surface area contributed by atoms with E-state index in [-0.39, 0.29) is 0 Å². The zero-order chi connectivity index (χ0) is 27.1. The molecule has 0 unspecified atom stereocenters. The monoisotopic (exact) mass is 580 g/mol. The fraction of sp³-hybridized carbons (Fsp3) is 0.588. The van der Waals surface area contributed by atoms with Gasteiger partial charge in [0.15, 0.2) is 0 Å². The van der Waals surface area contributed by atoms with Gasteiger partial charge in [-0.05, 0) is 49.3 Å². The van der Waals surface area contributed by atoms with Crippen LogP contribution in [-0.4, -0.2) is 9.97 Å². The van der Waals surface area contributed by atoms with Crippen LogP contribution >= 0.6 is 34.0 Å². The minimum Gasteiger partial charge on any atom is -0.248 e. The number of hydrogen-bond acceptors (Lipinski definition) is 5. The summed E-state index contributed by atoms with van der Waals surface area (Å²) in [5.74, 6) is 0. The largest absolute Gasteiger partial charge is 0.248 e. The van der Waals surface area contributed by atoms with Crippen molar-refractivity contribution < 1.29 is 0 Å². The lowest BCUT2D eigenvalue weighted by Crippen LogP contribution is -2.03. The van der Waals surface area contributed by atoms with Crippen molar-refractivity contribution in [2.45, 2.75) is 129 Å². The van der Waals surface area contributed by atoms with Gasteiger partial charge in [-0.25, -0.2) is 9.97 Å². The van der Waals surface area contributed by atoms with E-state index in [1.807, 2.05) is 34.0 Å². The van der Waals surface area contributed by atoms with Crippen molar-refractivity contribution in [3.63, 3.8) is 0 Å². The molecule has 0 aliphatic heterocycles. The third-order valence-corrected chi connectivity index (χ3v) is 11.0. The number of unbranched alkanes of at least 4 members (excludes halogenated alkanes) is 14. The Kier molecular flexibility index (Phi) is 13.5. The molecule has 0 bridgehead atoms. The van der Waals surface area contributed by atoms with Gasteiger partial charge in [-0.3, -0.25) is 0 Å². The van der Waals surface area contributed by atoms with Crippen molar-refractivity contribution >= 4 is 45.0 Å². The number of hydrogen-bond donors (Lipinski definition) is 0. The highest BCUT2D eigenvalue weighted by atomic mass is 32.1. The molecular formula is C34H48N2S3. The summed E-state index contributed by atoms with van der Waals surface area (Å²) in [5, 5.41) is 4.39. The minimum atomic E-state index is 1.07. The van der Waals surface area contributed by atoms with E-state index in [0.29, 0.717) is 0 Å².